The molecule has 0 fully saturated rings. The maximum absolute atomic E-state index is 4.21. The van der Waals surface area contributed by atoms with Gasteiger partial charge in [0.05, 0.1) is 4.47 Å². The fourth-order valence-electron chi connectivity index (χ4n) is 1.39. The number of rotatable bonds is 0. The first-order valence-electron chi connectivity index (χ1n) is 4.50. The van der Waals surface area contributed by atoms with Crippen molar-refractivity contribution in [3.8, 4) is 0 Å². The Labute approximate surface area is 91.3 Å². The van der Waals surface area contributed by atoms with Gasteiger partial charge in [-0.2, -0.15) is 0 Å². The molecule has 2 rings (SSSR count). The highest BCUT2D eigenvalue weighted by molar-refractivity contribution is 9.10. The molecule has 0 radical (unpaired) electrons. The minimum Gasteiger partial charge on any atom is -0.285 e. The van der Waals surface area contributed by atoms with E-state index in [1.54, 1.807) is 0 Å². The van der Waals surface area contributed by atoms with Crippen LogP contribution in [0.25, 0.3) is 5.65 Å². The average Bonchev–Trinajstić information content (AvgIpc) is 2.47. The van der Waals surface area contributed by atoms with Crippen LogP contribution in [-0.2, 0) is 5.41 Å². The van der Waals surface area contributed by atoms with Crippen LogP contribution in [0.15, 0.2) is 22.8 Å². The van der Waals surface area contributed by atoms with Gasteiger partial charge in [-0.15, -0.1) is 10.2 Å². The van der Waals surface area contributed by atoms with E-state index < -0.39 is 0 Å². The van der Waals surface area contributed by atoms with Gasteiger partial charge in [-0.1, -0.05) is 20.8 Å². The van der Waals surface area contributed by atoms with E-state index in [9.17, 15) is 0 Å². The molecule has 14 heavy (non-hydrogen) atoms. The second-order valence-electron chi connectivity index (χ2n) is 4.32. The molecule has 0 aromatic carbocycles. The second kappa shape index (κ2) is 3.05. The predicted octanol–water partition coefficient (Wildman–Crippen LogP) is 2.79. The number of hydrogen-bond donors (Lipinski definition) is 0. The molecule has 2 aromatic rings. The van der Waals surface area contributed by atoms with Crippen molar-refractivity contribution >= 4 is 21.6 Å². The Morgan fingerprint density at radius 2 is 2.00 bits per heavy atom. The van der Waals surface area contributed by atoms with E-state index in [-0.39, 0.29) is 5.41 Å². The zero-order valence-corrected chi connectivity index (χ0v) is 10.0. The summed E-state index contributed by atoms with van der Waals surface area (Å²) in [5.74, 6) is 0.980. The number of halogens is 1. The van der Waals surface area contributed by atoms with Crippen LogP contribution in [0.2, 0.25) is 0 Å². The first-order chi connectivity index (χ1) is 6.50. The molecule has 4 heteroatoms. The summed E-state index contributed by atoms with van der Waals surface area (Å²) in [4.78, 5) is 0. The molecule has 0 bridgehead atoms. The van der Waals surface area contributed by atoms with E-state index in [4.69, 9.17) is 0 Å². The van der Waals surface area contributed by atoms with Crippen LogP contribution in [-0.4, -0.2) is 14.6 Å². The van der Waals surface area contributed by atoms with Gasteiger partial charge in [0.2, 0.25) is 0 Å². The van der Waals surface area contributed by atoms with Crippen molar-refractivity contribution in [1.29, 1.82) is 0 Å². The highest BCUT2D eigenvalue weighted by Crippen LogP contribution is 2.23. The third kappa shape index (κ3) is 1.43. The number of nitrogens with zero attached hydrogens (tertiary/aromatic N) is 3. The molecule has 74 valence electrons. The third-order valence-corrected chi connectivity index (χ3v) is 2.68. The predicted molar refractivity (Wildman–Crippen MR) is 59.4 cm³/mol. The van der Waals surface area contributed by atoms with Gasteiger partial charge in [0.25, 0.3) is 0 Å². The summed E-state index contributed by atoms with van der Waals surface area (Å²) in [5, 5.41) is 8.36. The van der Waals surface area contributed by atoms with Gasteiger partial charge in [-0.3, -0.25) is 4.40 Å². The van der Waals surface area contributed by atoms with Crippen molar-refractivity contribution in [2.75, 3.05) is 0 Å². The lowest BCUT2D eigenvalue weighted by Gasteiger charge is -2.15. The van der Waals surface area contributed by atoms with Gasteiger partial charge in [0.15, 0.2) is 5.65 Å². The summed E-state index contributed by atoms with van der Waals surface area (Å²) in [7, 11) is 0. The first-order valence-corrected chi connectivity index (χ1v) is 5.29. The number of fused-ring (bicyclic) bond motifs is 1. The lowest BCUT2D eigenvalue weighted by Crippen LogP contribution is -2.15. The summed E-state index contributed by atoms with van der Waals surface area (Å²) < 4.78 is 2.99. The summed E-state index contributed by atoms with van der Waals surface area (Å²) in [6.45, 7) is 6.39. The molecule has 0 aliphatic heterocycles. The number of aromatic nitrogens is 3. The van der Waals surface area contributed by atoms with Crippen LogP contribution >= 0.6 is 15.9 Å². The van der Waals surface area contributed by atoms with Gasteiger partial charge in [-0.05, 0) is 28.1 Å². The zero-order valence-electron chi connectivity index (χ0n) is 8.45. The molecule has 0 atom stereocenters. The van der Waals surface area contributed by atoms with Gasteiger partial charge in [0, 0.05) is 11.6 Å². The summed E-state index contributed by atoms with van der Waals surface area (Å²) in [6.07, 6.45) is 1.99. The molecule has 0 aliphatic rings. The molecule has 2 heterocycles. The van der Waals surface area contributed by atoms with Crippen molar-refractivity contribution in [2.24, 2.45) is 0 Å². The van der Waals surface area contributed by atoms with E-state index >= 15 is 0 Å². The van der Waals surface area contributed by atoms with Crippen LogP contribution in [0, 0.1) is 0 Å². The van der Waals surface area contributed by atoms with Crippen LogP contribution in [0.3, 0.4) is 0 Å². The monoisotopic (exact) mass is 253 g/mol. The van der Waals surface area contributed by atoms with Gasteiger partial charge in [-0.25, -0.2) is 0 Å². The van der Waals surface area contributed by atoms with Gasteiger partial charge in [0.1, 0.15) is 5.82 Å². The molecule has 2 aromatic heterocycles. The Morgan fingerprint density at radius 1 is 1.29 bits per heavy atom. The molecule has 0 amide bonds. The third-order valence-electron chi connectivity index (χ3n) is 2.06. The summed E-state index contributed by atoms with van der Waals surface area (Å²) in [5.41, 5.74) is 0.887. The minimum absolute atomic E-state index is 0.0141. The minimum atomic E-state index is 0.0141. The lowest BCUT2D eigenvalue weighted by atomic mass is 9.96. The quantitative estimate of drug-likeness (QED) is 0.723. The molecule has 3 nitrogen and oxygen atoms in total. The van der Waals surface area contributed by atoms with E-state index in [2.05, 4.69) is 46.9 Å². The standard InChI is InChI=1S/C10H12BrN3/c1-10(2,3)9-13-12-8-7(11)5-4-6-14(8)9/h4-6H,1-3H3. The van der Waals surface area contributed by atoms with Crippen LogP contribution < -0.4 is 0 Å². The molecule has 0 saturated heterocycles. The highest BCUT2D eigenvalue weighted by atomic mass is 79.9. The van der Waals surface area contributed by atoms with Crippen LogP contribution in [0.4, 0.5) is 0 Å². The molecular weight excluding hydrogens is 242 g/mol. The fourth-order valence-corrected chi connectivity index (χ4v) is 1.82. The van der Waals surface area contributed by atoms with E-state index in [0.717, 1.165) is 15.9 Å². The van der Waals surface area contributed by atoms with Crippen molar-refractivity contribution in [3.63, 3.8) is 0 Å². The molecule has 0 N–H and O–H groups in total. The number of pyridine rings is 1. The van der Waals surface area contributed by atoms with E-state index in [0.29, 0.717) is 0 Å². The first kappa shape index (κ1) is 9.65. The number of hydrogen-bond acceptors (Lipinski definition) is 2. The average molecular weight is 254 g/mol. The molecule has 0 aliphatic carbocycles. The van der Waals surface area contributed by atoms with Crippen LogP contribution in [0.1, 0.15) is 26.6 Å². The highest BCUT2D eigenvalue weighted by Gasteiger charge is 2.20. The lowest BCUT2D eigenvalue weighted by molar-refractivity contribution is 0.538. The van der Waals surface area contributed by atoms with Crippen molar-refractivity contribution in [2.45, 2.75) is 26.2 Å². The fraction of sp³-hybridized carbons (Fsp3) is 0.400. The van der Waals surface area contributed by atoms with E-state index in [1.165, 1.54) is 0 Å². The second-order valence-corrected chi connectivity index (χ2v) is 5.18. The summed E-state index contributed by atoms with van der Waals surface area (Å²) >= 11 is 3.45. The van der Waals surface area contributed by atoms with Crippen molar-refractivity contribution in [3.05, 3.63) is 28.6 Å². The Morgan fingerprint density at radius 3 is 2.64 bits per heavy atom. The molecule has 0 spiro atoms. The van der Waals surface area contributed by atoms with Gasteiger partial charge >= 0.3 is 0 Å². The van der Waals surface area contributed by atoms with E-state index in [1.807, 2.05) is 22.7 Å². The Bertz CT molecular complexity index is 468. The Kier molecular flexibility index (Phi) is 2.10. The maximum atomic E-state index is 4.21. The maximum Gasteiger partial charge on any atom is 0.175 e. The normalized spacial score (nSPS) is 12.3. The molecule has 0 saturated carbocycles. The van der Waals surface area contributed by atoms with Crippen molar-refractivity contribution < 1.29 is 0 Å². The smallest absolute Gasteiger partial charge is 0.175 e. The zero-order chi connectivity index (χ0) is 10.3. The van der Waals surface area contributed by atoms with Crippen molar-refractivity contribution in [1.82, 2.24) is 14.6 Å². The van der Waals surface area contributed by atoms with Crippen LogP contribution in [0.5, 0.6) is 0 Å². The molecule has 0 unspecified atom stereocenters. The SMILES string of the molecule is CC(C)(C)c1nnc2c(Br)cccn12. The Hall–Kier alpha value is -0.900. The van der Waals surface area contributed by atoms with Gasteiger partial charge < -0.3 is 0 Å². The summed E-state index contributed by atoms with van der Waals surface area (Å²) in [6, 6.07) is 3.95. The molecular formula is C10H12BrN3. The largest absolute Gasteiger partial charge is 0.285 e. The topological polar surface area (TPSA) is 30.2 Å². The Balaban J connectivity index is 2.76.